The fourth-order valence-electron chi connectivity index (χ4n) is 4.66. The summed E-state index contributed by atoms with van der Waals surface area (Å²) in [6.07, 6.45) is 0. The van der Waals surface area contributed by atoms with Crippen molar-refractivity contribution in [1.82, 2.24) is 9.97 Å². The van der Waals surface area contributed by atoms with Crippen molar-refractivity contribution in [3.63, 3.8) is 0 Å². The normalized spacial score (nSPS) is 10.7. The molecule has 0 unspecified atom stereocenters. The fourth-order valence-corrected chi connectivity index (χ4v) is 6.06. The number of methoxy groups -OCH3 is 1. The number of H-pyrrole nitrogens is 2. The van der Waals surface area contributed by atoms with Crippen LogP contribution >= 0.6 is 47.8 Å². The topological polar surface area (TPSA) is 148 Å². The molecule has 0 fully saturated rings. The molecule has 6 rings (SSSR count). The van der Waals surface area contributed by atoms with Gasteiger partial charge in [0.25, 0.3) is 0 Å². The molecule has 244 valence electrons. The summed E-state index contributed by atoms with van der Waals surface area (Å²) in [6, 6.07) is 27.7. The number of halogens is 3. The number of pyridine rings is 2. The van der Waals surface area contributed by atoms with E-state index in [1.54, 1.807) is 30.3 Å². The molecular weight excluding hydrogens is 816 g/mol. The van der Waals surface area contributed by atoms with Gasteiger partial charge in [0, 0.05) is 0 Å². The summed E-state index contributed by atoms with van der Waals surface area (Å²) in [6.45, 7) is 0.644. The smallest absolute Gasteiger partial charge is 0.355 e. The van der Waals surface area contributed by atoms with Gasteiger partial charge >= 0.3 is 11.9 Å². The van der Waals surface area contributed by atoms with E-state index in [1.165, 1.54) is 7.11 Å². The molecule has 0 aliphatic carbocycles. The molecule has 0 atom stereocenters. The standard InChI is InChI=1S/C18H14BrNO4.C17H11Br2NO4/c1-23-18(22)16-14(19)17(21)12-8-5-9-13(15(12)20-16)24-10-11-6-3-2-4-7-11;18-11-7-6-10-13(20-14(17(22)23)12(19)15(10)21)16(11)24-8-9-4-2-1-3-5-9/h2-9H,10H2,1H3,(H,20,21);1-7H,8H2,(H,20,21)(H,22,23). The van der Waals surface area contributed by atoms with Crippen molar-refractivity contribution in [1.29, 1.82) is 0 Å². The number of hydrogen-bond acceptors (Lipinski definition) is 7. The predicted molar refractivity (Wildman–Crippen MR) is 192 cm³/mol. The van der Waals surface area contributed by atoms with Crippen molar-refractivity contribution in [2.45, 2.75) is 13.2 Å². The summed E-state index contributed by atoms with van der Waals surface area (Å²) in [7, 11) is 1.26. The maximum Gasteiger partial charge on any atom is 0.355 e. The van der Waals surface area contributed by atoms with Gasteiger partial charge in [-0.05, 0) is 83.2 Å². The van der Waals surface area contributed by atoms with Crippen molar-refractivity contribution in [3.8, 4) is 11.5 Å². The summed E-state index contributed by atoms with van der Waals surface area (Å²) >= 11 is 9.59. The third-order valence-electron chi connectivity index (χ3n) is 7.03. The molecule has 0 bridgehead atoms. The van der Waals surface area contributed by atoms with E-state index in [0.717, 1.165) is 11.1 Å². The monoisotopic (exact) mass is 838 g/mol. The second-order valence-corrected chi connectivity index (χ2v) is 12.5. The van der Waals surface area contributed by atoms with Crippen LogP contribution in [0.4, 0.5) is 0 Å². The summed E-state index contributed by atoms with van der Waals surface area (Å²) in [5.41, 5.74) is 1.91. The molecular formula is C35H25Br3N2O8. The van der Waals surface area contributed by atoms with Gasteiger partial charge < -0.3 is 29.3 Å². The van der Waals surface area contributed by atoms with Crippen LogP contribution in [0.2, 0.25) is 0 Å². The van der Waals surface area contributed by atoms with Gasteiger partial charge in [0.2, 0.25) is 10.9 Å². The minimum Gasteiger partial charge on any atom is -0.487 e. The number of carboxylic acids is 1. The van der Waals surface area contributed by atoms with E-state index in [4.69, 9.17) is 14.2 Å². The van der Waals surface area contributed by atoms with Crippen LogP contribution in [-0.4, -0.2) is 34.1 Å². The molecule has 48 heavy (non-hydrogen) atoms. The number of carbonyl (C=O) groups excluding carboxylic acids is 1. The number of fused-ring (bicyclic) bond motifs is 2. The van der Waals surface area contributed by atoms with Crippen LogP contribution in [-0.2, 0) is 18.0 Å². The second-order valence-electron chi connectivity index (χ2n) is 10.1. The number of aromatic amines is 2. The quantitative estimate of drug-likeness (QED) is 0.131. The lowest BCUT2D eigenvalue weighted by atomic mass is 10.1. The average Bonchev–Trinajstić information content (AvgIpc) is 3.10. The first-order valence-corrected chi connectivity index (χ1v) is 16.5. The Morgan fingerprint density at radius 2 is 1.21 bits per heavy atom. The first-order valence-electron chi connectivity index (χ1n) is 14.1. The highest BCUT2D eigenvalue weighted by atomic mass is 79.9. The van der Waals surface area contributed by atoms with Crippen LogP contribution in [0.3, 0.4) is 0 Å². The van der Waals surface area contributed by atoms with Gasteiger partial charge in [-0.2, -0.15) is 0 Å². The molecule has 2 heterocycles. The van der Waals surface area contributed by atoms with Crippen LogP contribution in [0.25, 0.3) is 21.8 Å². The zero-order valence-electron chi connectivity index (χ0n) is 25.0. The number of carbonyl (C=O) groups is 2. The molecule has 0 saturated carbocycles. The Morgan fingerprint density at radius 3 is 1.79 bits per heavy atom. The van der Waals surface area contributed by atoms with Gasteiger partial charge in [0.05, 0.1) is 42.3 Å². The Bertz CT molecular complexity index is 2260. The minimum atomic E-state index is -1.23. The minimum absolute atomic E-state index is 0.0150. The molecule has 6 aromatic rings. The Morgan fingerprint density at radius 1 is 0.667 bits per heavy atom. The third-order valence-corrected chi connectivity index (χ3v) is 9.17. The van der Waals surface area contributed by atoms with Gasteiger partial charge in [-0.3, -0.25) is 9.59 Å². The number of hydrogen-bond donors (Lipinski definition) is 3. The number of nitrogens with one attached hydrogen (secondary N) is 2. The Kier molecular flexibility index (Phi) is 11.1. The van der Waals surface area contributed by atoms with Crippen LogP contribution in [0.5, 0.6) is 11.5 Å². The largest absolute Gasteiger partial charge is 0.487 e. The van der Waals surface area contributed by atoms with Crippen LogP contribution in [0.15, 0.2) is 114 Å². The number of benzene rings is 4. The Balaban J connectivity index is 0.000000188. The summed E-state index contributed by atoms with van der Waals surface area (Å²) in [5.74, 6) is -0.969. The summed E-state index contributed by atoms with van der Waals surface area (Å²) in [5, 5.41) is 10.0. The molecule has 0 radical (unpaired) electrons. The van der Waals surface area contributed by atoms with Crippen LogP contribution in [0, 0.1) is 0 Å². The number of rotatable bonds is 8. The van der Waals surface area contributed by atoms with E-state index in [1.807, 2.05) is 60.7 Å². The molecule has 13 heteroatoms. The molecule has 10 nitrogen and oxygen atoms in total. The zero-order chi connectivity index (χ0) is 34.4. The zero-order valence-corrected chi connectivity index (χ0v) is 29.8. The highest BCUT2D eigenvalue weighted by molar-refractivity contribution is 9.11. The second kappa shape index (κ2) is 15.5. The molecule has 4 aromatic carbocycles. The van der Waals surface area contributed by atoms with Gasteiger partial charge in [-0.15, -0.1) is 0 Å². The van der Waals surface area contributed by atoms with Crippen molar-refractivity contribution in [2.75, 3.05) is 7.11 Å². The Labute approximate surface area is 298 Å². The average molecular weight is 841 g/mol. The lowest BCUT2D eigenvalue weighted by Crippen LogP contribution is -2.14. The number of ether oxygens (including phenoxy) is 3. The summed E-state index contributed by atoms with van der Waals surface area (Å²) < 4.78 is 17.1. The highest BCUT2D eigenvalue weighted by Crippen LogP contribution is 2.33. The van der Waals surface area contributed by atoms with Crippen LogP contribution in [0.1, 0.15) is 32.1 Å². The van der Waals surface area contributed by atoms with Gasteiger partial charge in [0.15, 0.2) is 5.75 Å². The van der Waals surface area contributed by atoms with Gasteiger partial charge in [0.1, 0.15) is 30.4 Å². The third kappa shape index (κ3) is 7.53. The van der Waals surface area contributed by atoms with Crippen molar-refractivity contribution >= 4 is 81.5 Å². The molecule has 0 aliphatic heterocycles. The molecule has 3 N–H and O–H groups in total. The molecule has 2 aromatic heterocycles. The molecule has 0 spiro atoms. The first kappa shape index (κ1) is 34.6. The van der Waals surface area contributed by atoms with Crippen molar-refractivity contribution in [3.05, 3.63) is 147 Å². The van der Waals surface area contributed by atoms with E-state index in [2.05, 4.69) is 57.8 Å². The SMILES string of the molecule is COC(=O)c1[nH]c2c(OCc3ccccc3)cccc2c(=O)c1Br.O=C(O)c1[nH]c2c(OCc3ccccc3)c(Br)ccc2c(=O)c1Br. The maximum atomic E-state index is 12.5. The number of aromatic carboxylic acids is 1. The predicted octanol–water partition coefficient (Wildman–Crippen LogP) is 7.99. The lowest BCUT2D eigenvalue weighted by Gasteiger charge is -2.12. The van der Waals surface area contributed by atoms with E-state index in [0.29, 0.717) is 51.0 Å². The first-order chi connectivity index (χ1) is 23.1. The van der Waals surface area contributed by atoms with E-state index < -0.39 is 17.4 Å². The molecule has 0 saturated heterocycles. The van der Waals surface area contributed by atoms with Gasteiger partial charge in [-0.25, -0.2) is 9.59 Å². The van der Waals surface area contributed by atoms with Crippen LogP contribution < -0.4 is 20.3 Å². The number of para-hydroxylation sites is 1. The van der Waals surface area contributed by atoms with E-state index in [-0.39, 0.29) is 25.8 Å². The number of aromatic nitrogens is 2. The fraction of sp³-hybridized carbons (Fsp3) is 0.0857. The lowest BCUT2D eigenvalue weighted by molar-refractivity contribution is 0.0592. The number of carboxylic acid groups (broad SMARTS) is 1. The van der Waals surface area contributed by atoms with E-state index in [9.17, 15) is 24.3 Å². The maximum absolute atomic E-state index is 12.5. The number of esters is 1. The summed E-state index contributed by atoms with van der Waals surface area (Å²) in [4.78, 5) is 53.8. The molecule has 0 amide bonds. The van der Waals surface area contributed by atoms with Crippen molar-refractivity contribution < 1.29 is 28.9 Å². The van der Waals surface area contributed by atoms with E-state index >= 15 is 0 Å². The Hall–Kier alpha value is -4.72. The highest BCUT2D eigenvalue weighted by Gasteiger charge is 2.20. The van der Waals surface area contributed by atoms with Crippen molar-refractivity contribution in [2.24, 2.45) is 0 Å². The van der Waals surface area contributed by atoms with Gasteiger partial charge in [-0.1, -0.05) is 66.7 Å². The molecule has 0 aliphatic rings.